The monoisotopic (exact) mass is 2060 g/mol. The highest BCUT2D eigenvalue weighted by atomic mass is 32.2. The summed E-state index contributed by atoms with van der Waals surface area (Å²) in [6.45, 7) is 15.8. The number of fused-ring (bicyclic) bond motifs is 2. The number of halogens is 3. The van der Waals surface area contributed by atoms with Gasteiger partial charge in [0.05, 0.1) is 46.3 Å². The van der Waals surface area contributed by atoms with Crippen LogP contribution in [0.4, 0.5) is 34.5 Å². The Morgan fingerprint density at radius 1 is 0.415 bits per heavy atom. The normalized spacial score (nSPS) is 22.3. The van der Waals surface area contributed by atoms with E-state index < -0.39 is 92.9 Å². The molecule has 10 heterocycles. The van der Waals surface area contributed by atoms with Crippen molar-refractivity contribution in [1.29, 1.82) is 0 Å². The zero-order valence-electron chi connectivity index (χ0n) is 82.1. The lowest BCUT2D eigenvalue weighted by Gasteiger charge is -2.35. The predicted molar refractivity (Wildman–Crippen MR) is 554 cm³/mol. The molecular weight excluding hydrogens is 1930 g/mol. The molecule has 6 aliphatic heterocycles. The van der Waals surface area contributed by atoms with E-state index in [0.717, 1.165) is 147 Å². The van der Waals surface area contributed by atoms with Crippen molar-refractivity contribution in [2.24, 2.45) is 11.8 Å². The first-order valence-corrected chi connectivity index (χ1v) is 54.1. The SMILES string of the molecule is CN[C@@H](C)C(=O)NC1CCC[C@@H]2SC(C)(C)[C@@H](C(=O)Nc3snnc3-c3ccccc3)N2C1=O.CN[C@@H](C)C(=O)NC1CCC[C@H]2SC(C)(C)[C@@H](C(=O)Nc3snnc3-c3ccccc3)N2C1=O.CN[C@@H](C)C(=O)N[C@H](C(=O)N1CCC[C@H]1C(=O)Nc1csc(C(F)(F)F)c1-c1ccccc1)C1CCCCC1.CN[C@@H](C)C(=O)N[C@H](C(=O)N1CCC[C@H]1C(=O)Nc1cscc1-c1ccccc1)C1CCCCC1. The Kier molecular flexibility index (Phi) is 38.1. The first-order chi connectivity index (χ1) is 68.1. The molecule has 142 heavy (non-hydrogen) atoms. The predicted octanol–water partition coefficient (Wildman–Crippen LogP) is 14.0. The number of benzene rings is 4. The second kappa shape index (κ2) is 49.8. The summed E-state index contributed by atoms with van der Waals surface area (Å²) >= 11 is 7.58. The van der Waals surface area contributed by atoms with Crippen LogP contribution in [0.25, 0.3) is 44.8 Å². The summed E-state index contributed by atoms with van der Waals surface area (Å²) in [7, 11) is 6.80. The number of nitrogens with zero attached hydrogens (tertiary/aromatic N) is 8. The molecule has 4 aromatic carbocycles. The Balaban J connectivity index is 0.000000159. The minimum absolute atomic E-state index is 0.0283. The standard InChI is InChI=1S/C28H35F3N4O3S.C27H36N4O3S.2C23H30N6O3S2/c1-17(32-2)25(36)34-23(19-12-7-4-8-13-19)27(38)35-15-9-14-21(35)26(37)33-20-16-39-24(28(29,30)31)22(20)18-10-5-3-6-11-18;1-18(28-2)25(32)30-24(20-12-7-4-8-13-20)27(34)31-15-9-14-23(31)26(33)29-22-17-35-16-21(22)19-10-5-3-6-11-19;2*1-13(24-4)19(30)25-15-11-8-12-16-29(22(15)32)18(23(2,3)33-16)20(31)26-21-17(27-28-34-21)14-9-6-5-7-10-14/h3,5-6,10-11,16-17,19,21,23,32H,4,7-9,12-15H2,1-2H3,(H,33,37)(H,34,36);3,5-6,10-11,16-18,20,23-24,28H,4,7-9,12-15H2,1-2H3,(H,29,33)(H,30,32);2*5-7,9-10,13,15-16,18,24H,8,11-12H2,1-4H3,(H,25,30)(H,26,31)/t17-,21-,23-;18-,23-,24-;13-,15?,16+,18+;13-,15?,16-,18+/m0000/s1. The molecule has 32 nitrogen and oxygen atoms in total. The van der Waals surface area contributed by atoms with Crippen LogP contribution in [0.1, 0.15) is 189 Å². The zero-order valence-corrected chi connectivity index (χ0v) is 87.0. The maximum absolute atomic E-state index is 13.8. The molecule has 764 valence electrons. The van der Waals surface area contributed by atoms with Crippen LogP contribution in [-0.4, -0.2) is 244 Å². The van der Waals surface area contributed by atoms with Gasteiger partial charge in [-0.3, -0.25) is 57.5 Å². The number of alkyl halides is 3. The van der Waals surface area contributed by atoms with E-state index in [1.54, 1.807) is 124 Å². The number of carbonyl (C=O) groups excluding carboxylic acids is 12. The van der Waals surface area contributed by atoms with Crippen LogP contribution in [0, 0.1) is 11.8 Å². The zero-order chi connectivity index (χ0) is 102. The van der Waals surface area contributed by atoms with Gasteiger partial charge in [0.2, 0.25) is 70.9 Å². The molecule has 16 rings (SSSR count). The fourth-order valence-corrected chi connectivity index (χ4v) is 25.9. The third kappa shape index (κ3) is 26.4. The van der Waals surface area contributed by atoms with Crippen molar-refractivity contribution in [2.45, 2.75) is 283 Å². The maximum Gasteiger partial charge on any atom is 0.426 e. The number of nitrogens with one attached hydrogen (secondary N) is 12. The molecular formula is C101H131F3N20O12S6. The van der Waals surface area contributed by atoms with E-state index >= 15 is 0 Å². The minimum atomic E-state index is -4.58. The number of aromatic nitrogens is 4. The molecule has 0 spiro atoms. The molecule has 12 N–H and O–H groups in total. The smallest absolute Gasteiger partial charge is 0.343 e. The van der Waals surface area contributed by atoms with Crippen molar-refractivity contribution in [3.8, 4) is 44.8 Å². The molecule has 8 fully saturated rings. The van der Waals surface area contributed by atoms with Gasteiger partial charge in [-0.15, -0.1) is 56.4 Å². The van der Waals surface area contributed by atoms with Crippen molar-refractivity contribution in [3.05, 3.63) is 142 Å². The second-order valence-electron chi connectivity index (χ2n) is 38.2. The van der Waals surface area contributed by atoms with E-state index in [4.69, 9.17) is 0 Å². The van der Waals surface area contributed by atoms with Crippen LogP contribution in [-0.2, 0) is 63.7 Å². The van der Waals surface area contributed by atoms with Crippen LogP contribution in [0.3, 0.4) is 0 Å². The van der Waals surface area contributed by atoms with E-state index in [-0.39, 0.29) is 105 Å². The Morgan fingerprint density at radius 2 is 0.789 bits per heavy atom. The Bertz CT molecular complexity index is 5500. The molecule has 8 aromatic rings. The van der Waals surface area contributed by atoms with Crippen LogP contribution < -0.4 is 63.8 Å². The molecule has 8 aliphatic rings. The molecule has 12 amide bonds. The molecule has 41 heteroatoms. The quantitative estimate of drug-likeness (QED) is 0.0217. The van der Waals surface area contributed by atoms with Gasteiger partial charge in [0.1, 0.15) is 74.6 Å². The average Bonchev–Trinajstić information content (AvgIpc) is 1.60. The third-order valence-corrected chi connectivity index (χ3v) is 33.9. The van der Waals surface area contributed by atoms with E-state index in [9.17, 15) is 70.7 Å². The highest BCUT2D eigenvalue weighted by Crippen LogP contribution is 2.52. The number of hydrogen-bond donors (Lipinski definition) is 12. The molecule has 0 bridgehead atoms. The first kappa shape index (κ1) is 109. The highest BCUT2D eigenvalue weighted by molar-refractivity contribution is 8.01. The van der Waals surface area contributed by atoms with E-state index in [1.165, 1.54) is 21.6 Å². The van der Waals surface area contributed by atoms with Crippen molar-refractivity contribution in [1.82, 2.24) is 81.3 Å². The van der Waals surface area contributed by atoms with Crippen LogP contribution in [0.5, 0.6) is 0 Å². The number of thiophene rings is 2. The Hall–Kier alpha value is -10.6. The van der Waals surface area contributed by atoms with E-state index in [0.29, 0.717) is 83.5 Å². The lowest BCUT2D eigenvalue weighted by Crippen LogP contribution is -2.58. The van der Waals surface area contributed by atoms with Gasteiger partial charge in [0, 0.05) is 84.0 Å². The highest BCUT2D eigenvalue weighted by Gasteiger charge is 2.58. The van der Waals surface area contributed by atoms with Gasteiger partial charge >= 0.3 is 6.18 Å². The Labute approximate surface area is 852 Å². The summed E-state index contributed by atoms with van der Waals surface area (Å²) in [5, 5.41) is 49.7. The second-order valence-corrected chi connectivity index (χ2v) is 45.0. The number of thioether (sulfide) groups is 2. The van der Waals surface area contributed by atoms with Crippen LogP contribution in [0.2, 0.25) is 0 Å². The molecule has 0 radical (unpaired) electrons. The van der Waals surface area contributed by atoms with Gasteiger partial charge in [-0.25, -0.2) is 0 Å². The lowest BCUT2D eigenvalue weighted by molar-refractivity contribution is -0.142. The van der Waals surface area contributed by atoms with Gasteiger partial charge in [-0.2, -0.15) is 13.2 Å². The third-order valence-electron chi connectivity index (χ3n) is 27.8. The molecule has 4 aromatic heterocycles. The fourth-order valence-electron chi connectivity index (χ4n) is 19.7. The number of hydrogen-bond acceptors (Lipinski definition) is 26. The van der Waals surface area contributed by atoms with Gasteiger partial charge < -0.3 is 83.4 Å². The minimum Gasteiger partial charge on any atom is -0.343 e. The first-order valence-electron chi connectivity index (χ1n) is 48.9. The van der Waals surface area contributed by atoms with Gasteiger partial charge in [-0.1, -0.05) is 169 Å². The van der Waals surface area contributed by atoms with Crippen molar-refractivity contribution in [3.63, 3.8) is 0 Å². The number of rotatable bonds is 28. The average molecular weight is 2070 g/mol. The fraction of sp³-hybridized carbons (Fsp3) is 0.525. The maximum atomic E-state index is 13.8. The van der Waals surface area contributed by atoms with E-state index in [2.05, 4.69) is 83.0 Å². The summed E-state index contributed by atoms with van der Waals surface area (Å²) in [6, 6.07) is 30.1. The molecule has 2 aliphatic carbocycles. The molecule has 2 unspecified atom stereocenters. The Morgan fingerprint density at radius 3 is 1.18 bits per heavy atom. The summed E-state index contributed by atoms with van der Waals surface area (Å²) in [6.07, 6.45) is 11.8. The lowest BCUT2D eigenvalue weighted by atomic mass is 9.83. The number of anilines is 4. The van der Waals surface area contributed by atoms with Gasteiger partial charge in [-0.05, 0) is 196 Å². The van der Waals surface area contributed by atoms with Crippen LogP contribution >= 0.6 is 69.3 Å². The topological polar surface area (TPSA) is 414 Å². The van der Waals surface area contributed by atoms with Crippen LogP contribution in [0.15, 0.2) is 137 Å². The summed E-state index contributed by atoms with van der Waals surface area (Å²) in [5.74, 6) is -2.91. The number of amides is 12. The van der Waals surface area contributed by atoms with E-state index in [1.807, 2.05) is 129 Å². The molecule has 2 saturated carbocycles. The number of likely N-dealkylation sites (N-methyl/N-ethyl adjacent to an activating group) is 4. The molecule has 6 saturated heterocycles. The largest absolute Gasteiger partial charge is 0.426 e. The van der Waals surface area contributed by atoms with Crippen molar-refractivity contribution >= 4 is 162 Å². The van der Waals surface area contributed by atoms with Crippen molar-refractivity contribution < 1.29 is 70.7 Å². The van der Waals surface area contributed by atoms with Gasteiger partial charge in [0.15, 0.2) is 0 Å². The number of likely N-dealkylation sites (tertiary alicyclic amines) is 2. The number of carbonyl (C=O) groups is 12. The van der Waals surface area contributed by atoms with Gasteiger partial charge in [0.25, 0.3) is 0 Å². The van der Waals surface area contributed by atoms with Crippen molar-refractivity contribution in [2.75, 3.05) is 62.5 Å². The summed E-state index contributed by atoms with van der Waals surface area (Å²) in [4.78, 5) is 165. The summed E-state index contributed by atoms with van der Waals surface area (Å²) < 4.78 is 48.5. The molecule has 14 atom stereocenters. The summed E-state index contributed by atoms with van der Waals surface area (Å²) in [5.41, 5.74) is 6.06.